The molecule has 7 nitrogen and oxygen atoms in total. The monoisotopic (exact) mass is 410 g/mol. The molecule has 1 aromatic heterocycles. The molecule has 1 aliphatic heterocycles. The van der Waals surface area contributed by atoms with Gasteiger partial charge in [0.1, 0.15) is 10.8 Å². The molecule has 2 aromatic rings. The summed E-state index contributed by atoms with van der Waals surface area (Å²) < 4.78 is 28.1. The zero-order chi connectivity index (χ0) is 19.6. The fraction of sp³-hybridized carbons (Fsp3) is 0.444. The minimum atomic E-state index is -3.48. The highest BCUT2D eigenvalue weighted by molar-refractivity contribution is 7.86. The van der Waals surface area contributed by atoms with Crippen molar-refractivity contribution in [3.8, 4) is 0 Å². The van der Waals surface area contributed by atoms with Crippen molar-refractivity contribution >= 4 is 38.5 Å². The van der Waals surface area contributed by atoms with Gasteiger partial charge < -0.3 is 4.90 Å². The van der Waals surface area contributed by atoms with Crippen LogP contribution in [-0.2, 0) is 10.2 Å². The largest absolute Gasteiger partial charge is 0.335 e. The first-order valence-corrected chi connectivity index (χ1v) is 10.8. The summed E-state index contributed by atoms with van der Waals surface area (Å²) in [6.45, 7) is 5.68. The van der Waals surface area contributed by atoms with E-state index in [2.05, 4.69) is 4.98 Å². The van der Waals surface area contributed by atoms with Gasteiger partial charge in [0.15, 0.2) is 0 Å². The van der Waals surface area contributed by atoms with E-state index < -0.39 is 10.2 Å². The fourth-order valence-corrected chi connectivity index (χ4v) is 5.13. The zero-order valence-corrected chi connectivity index (χ0v) is 17.0. The number of halogens is 1. The number of nitrogens with zero attached hydrogens (tertiary/aromatic N) is 4. The Morgan fingerprint density at radius 3 is 2.41 bits per heavy atom. The van der Waals surface area contributed by atoms with Gasteiger partial charge in [-0.25, -0.2) is 4.98 Å². The molecule has 0 spiro atoms. The second-order valence-electron chi connectivity index (χ2n) is 6.30. The lowest BCUT2D eigenvalue weighted by atomic mass is 10.1. The number of carbonyl (C=O) groups is 1. The topological polar surface area (TPSA) is 73.8 Å². The second kappa shape index (κ2) is 8.10. The molecule has 9 heteroatoms. The third kappa shape index (κ3) is 3.94. The maximum Gasteiger partial charge on any atom is 0.282 e. The molecule has 27 heavy (non-hydrogen) atoms. The van der Waals surface area contributed by atoms with E-state index in [-0.39, 0.29) is 24.7 Å². The van der Waals surface area contributed by atoms with Gasteiger partial charge in [-0.15, -0.1) is 0 Å². The van der Waals surface area contributed by atoms with Gasteiger partial charge >= 0.3 is 0 Å². The number of hydrogen-bond donors (Lipinski definition) is 0. The highest BCUT2D eigenvalue weighted by Crippen LogP contribution is 2.23. The lowest BCUT2D eigenvalue weighted by Crippen LogP contribution is -2.54. The summed E-state index contributed by atoms with van der Waals surface area (Å²) in [5, 5.41) is 1.94. The van der Waals surface area contributed by atoms with Crippen LogP contribution in [0.2, 0.25) is 5.15 Å². The number of amides is 1. The maximum atomic E-state index is 12.8. The van der Waals surface area contributed by atoms with Crippen LogP contribution in [0.5, 0.6) is 0 Å². The number of pyridine rings is 1. The van der Waals surface area contributed by atoms with Crippen LogP contribution in [0.4, 0.5) is 0 Å². The summed E-state index contributed by atoms with van der Waals surface area (Å²) in [4.78, 5) is 18.7. The molecule has 1 amide bonds. The Hall–Kier alpha value is -1.74. The van der Waals surface area contributed by atoms with Crippen molar-refractivity contribution in [3.05, 3.63) is 41.2 Å². The average Bonchev–Trinajstić information content (AvgIpc) is 2.68. The number of carbonyl (C=O) groups excluding carboxylic acids is 1. The molecule has 1 aromatic carbocycles. The average molecular weight is 411 g/mol. The molecule has 2 heterocycles. The zero-order valence-electron chi connectivity index (χ0n) is 15.4. The molecule has 3 rings (SSSR count). The molecule has 1 aliphatic rings. The van der Waals surface area contributed by atoms with E-state index in [4.69, 9.17) is 11.6 Å². The Labute approximate surface area is 164 Å². The van der Waals surface area contributed by atoms with E-state index in [1.54, 1.807) is 11.0 Å². The minimum Gasteiger partial charge on any atom is -0.335 e. The summed E-state index contributed by atoms with van der Waals surface area (Å²) in [7, 11) is -3.48. The Kier molecular flexibility index (Phi) is 6.00. The van der Waals surface area contributed by atoms with Gasteiger partial charge in [0.05, 0.1) is 0 Å². The van der Waals surface area contributed by atoms with E-state index in [0.29, 0.717) is 31.3 Å². The van der Waals surface area contributed by atoms with Crippen LogP contribution in [0, 0.1) is 0 Å². The third-order valence-corrected chi connectivity index (χ3v) is 7.27. The highest BCUT2D eigenvalue weighted by Gasteiger charge is 2.32. The van der Waals surface area contributed by atoms with E-state index >= 15 is 0 Å². The Bertz CT molecular complexity index is 939. The number of aromatic nitrogens is 1. The van der Waals surface area contributed by atoms with Crippen molar-refractivity contribution in [1.29, 1.82) is 0 Å². The van der Waals surface area contributed by atoms with Gasteiger partial charge in [-0.3, -0.25) is 4.79 Å². The smallest absolute Gasteiger partial charge is 0.282 e. The Morgan fingerprint density at radius 1 is 1.15 bits per heavy atom. The van der Waals surface area contributed by atoms with Crippen molar-refractivity contribution < 1.29 is 13.2 Å². The highest BCUT2D eigenvalue weighted by atomic mass is 35.5. The van der Waals surface area contributed by atoms with Crippen molar-refractivity contribution in [2.45, 2.75) is 13.8 Å². The van der Waals surface area contributed by atoms with Crippen LogP contribution in [-0.4, -0.2) is 72.1 Å². The van der Waals surface area contributed by atoms with Gasteiger partial charge in [-0.05, 0) is 11.5 Å². The van der Waals surface area contributed by atoms with Crippen molar-refractivity contribution in [2.24, 2.45) is 0 Å². The van der Waals surface area contributed by atoms with Crippen molar-refractivity contribution in [2.75, 3.05) is 39.3 Å². The standard InChI is InChI=1S/C18H23ClN4O3S/c1-3-22(4-2)27(25,26)23-11-9-21(10-12-23)18(24)16-13-14-7-5-6-8-15(14)17(19)20-16/h5-8,13H,3-4,9-12H2,1-2H3. The second-order valence-corrected chi connectivity index (χ2v) is 8.59. The predicted molar refractivity (Wildman–Crippen MR) is 106 cm³/mol. The maximum absolute atomic E-state index is 12.8. The van der Waals surface area contributed by atoms with Gasteiger partial charge in [0.2, 0.25) is 0 Å². The summed E-state index contributed by atoms with van der Waals surface area (Å²) in [6, 6.07) is 9.21. The summed E-state index contributed by atoms with van der Waals surface area (Å²) in [6.07, 6.45) is 0. The number of piperazine rings is 1. The molecule has 0 bridgehead atoms. The number of benzene rings is 1. The third-order valence-electron chi connectivity index (χ3n) is 4.80. The molecule has 0 N–H and O–H groups in total. The molecule has 0 unspecified atom stereocenters. The molecular formula is C18H23ClN4O3S. The van der Waals surface area contributed by atoms with Crippen LogP contribution < -0.4 is 0 Å². The number of rotatable bonds is 5. The molecule has 0 saturated carbocycles. The van der Waals surface area contributed by atoms with Crippen LogP contribution in [0.1, 0.15) is 24.3 Å². The van der Waals surface area contributed by atoms with E-state index in [1.165, 1.54) is 8.61 Å². The SMILES string of the molecule is CCN(CC)S(=O)(=O)N1CCN(C(=O)c2cc3ccccc3c(Cl)n2)CC1. The molecule has 1 saturated heterocycles. The first-order chi connectivity index (χ1) is 12.9. The van der Waals surface area contributed by atoms with Crippen LogP contribution in [0.25, 0.3) is 10.8 Å². The Morgan fingerprint density at radius 2 is 1.78 bits per heavy atom. The van der Waals surface area contributed by atoms with Crippen LogP contribution in [0.3, 0.4) is 0 Å². The lowest BCUT2D eigenvalue weighted by Gasteiger charge is -2.36. The van der Waals surface area contributed by atoms with Crippen LogP contribution in [0.15, 0.2) is 30.3 Å². The van der Waals surface area contributed by atoms with Gasteiger partial charge in [-0.2, -0.15) is 17.0 Å². The van der Waals surface area contributed by atoms with Gasteiger partial charge in [-0.1, -0.05) is 49.7 Å². The molecule has 0 atom stereocenters. The van der Waals surface area contributed by atoms with E-state index in [0.717, 1.165) is 10.8 Å². The first-order valence-electron chi connectivity index (χ1n) is 8.98. The van der Waals surface area contributed by atoms with Crippen molar-refractivity contribution in [3.63, 3.8) is 0 Å². The molecule has 0 aliphatic carbocycles. The number of fused-ring (bicyclic) bond motifs is 1. The molecule has 1 fully saturated rings. The summed E-state index contributed by atoms with van der Waals surface area (Å²) in [5.41, 5.74) is 0.277. The fourth-order valence-electron chi connectivity index (χ4n) is 3.26. The quantitative estimate of drug-likeness (QED) is 0.708. The number of hydrogen-bond acceptors (Lipinski definition) is 4. The lowest BCUT2D eigenvalue weighted by molar-refractivity contribution is 0.0688. The van der Waals surface area contributed by atoms with Gasteiger partial charge in [0.25, 0.3) is 16.1 Å². The summed E-state index contributed by atoms with van der Waals surface area (Å²) >= 11 is 6.22. The predicted octanol–water partition coefficient (Wildman–Crippen LogP) is 2.23. The normalized spacial score (nSPS) is 16.2. The summed E-state index contributed by atoms with van der Waals surface area (Å²) in [5.74, 6) is -0.234. The van der Waals surface area contributed by atoms with Crippen molar-refractivity contribution in [1.82, 2.24) is 18.5 Å². The van der Waals surface area contributed by atoms with E-state index in [9.17, 15) is 13.2 Å². The molecule has 146 valence electrons. The molecule has 0 radical (unpaired) electrons. The van der Waals surface area contributed by atoms with Crippen LogP contribution >= 0.6 is 11.6 Å². The molecular weight excluding hydrogens is 388 g/mol. The van der Waals surface area contributed by atoms with Gasteiger partial charge in [0, 0.05) is 44.7 Å². The Balaban J connectivity index is 1.74. The minimum absolute atomic E-state index is 0.234. The first kappa shape index (κ1) is 20.0. The van der Waals surface area contributed by atoms with E-state index in [1.807, 2.05) is 38.1 Å².